The van der Waals surface area contributed by atoms with Gasteiger partial charge in [0.1, 0.15) is 12.1 Å². The molecule has 10 heteroatoms. The highest BCUT2D eigenvalue weighted by molar-refractivity contribution is 8.24. The minimum absolute atomic E-state index is 0.0694. The van der Waals surface area contributed by atoms with Gasteiger partial charge < -0.3 is 15.5 Å². The molecule has 2 aliphatic heterocycles. The highest BCUT2D eigenvalue weighted by Crippen LogP contribution is 2.63. The van der Waals surface area contributed by atoms with Crippen LogP contribution in [-0.2, 0) is 17.0 Å². The third-order valence-corrected chi connectivity index (χ3v) is 8.16. The summed E-state index contributed by atoms with van der Waals surface area (Å²) in [4.78, 5) is 25.4. The number of hydrogen-bond donors (Lipinski definition) is 3. The number of carbonyl (C=O) groups excluding carboxylic acids is 1. The zero-order chi connectivity index (χ0) is 21.5. The summed E-state index contributed by atoms with van der Waals surface area (Å²) in [6, 6.07) is 6.75. The van der Waals surface area contributed by atoms with E-state index in [9.17, 15) is 13.9 Å². The summed E-state index contributed by atoms with van der Waals surface area (Å²) in [6.45, 7) is 4.10. The van der Waals surface area contributed by atoms with Crippen LogP contribution in [0.4, 0.5) is 5.82 Å². The fourth-order valence-electron chi connectivity index (χ4n) is 4.05. The third-order valence-electron chi connectivity index (χ3n) is 5.84. The smallest absolute Gasteiger partial charge is 0.239 e. The van der Waals surface area contributed by atoms with E-state index < -0.39 is 21.9 Å². The Bertz CT molecular complexity index is 935. The second kappa shape index (κ2) is 8.32. The average molecular weight is 452 g/mol. The molecular weight excluding hydrogens is 426 g/mol. The molecule has 2 atom stereocenters. The molecule has 1 unspecified atom stereocenters. The monoisotopic (exact) mass is 451 g/mol. The highest BCUT2D eigenvalue weighted by Gasteiger charge is 2.38. The number of carbonyl (C=O) groups is 1. The number of halogens is 1. The first-order valence-corrected chi connectivity index (χ1v) is 12.0. The van der Waals surface area contributed by atoms with E-state index in [4.69, 9.17) is 17.3 Å². The summed E-state index contributed by atoms with van der Waals surface area (Å²) >= 11 is 5.91. The molecule has 0 spiro atoms. The van der Waals surface area contributed by atoms with E-state index in [1.807, 2.05) is 19.1 Å². The lowest BCUT2D eigenvalue weighted by Gasteiger charge is -2.38. The molecule has 0 saturated carbocycles. The van der Waals surface area contributed by atoms with Crippen LogP contribution in [0.5, 0.6) is 0 Å². The van der Waals surface area contributed by atoms with Crippen LogP contribution in [-0.4, -0.2) is 62.1 Å². The van der Waals surface area contributed by atoms with Crippen molar-refractivity contribution < 1.29 is 13.9 Å². The largest absolute Gasteiger partial charge is 0.353 e. The Balaban J connectivity index is 1.40. The van der Waals surface area contributed by atoms with Crippen LogP contribution in [0.1, 0.15) is 29.0 Å². The number of rotatable bonds is 4. The number of amides is 1. The second-order valence-corrected chi connectivity index (χ2v) is 10.7. The first kappa shape index (κ1) is 21.3. The fourth-order valence-corrected chi connectivity index (χ4v) is 5.68. The molecule has 0 bridgehead atoms. The molecule has 4 rings (SSSR count). The number of hydrogen-bond acceptors (Lipinski definition) is 7. The molecule has 1 aromatic carbocycles. The molecule has 1 fully saturated rings. The Morgan fingerprint density at radius 1 is 1.23 bits per heavy atom. The lowest BCUT2D eigenvalue weighted by atomic mass is 10.1. The van der Waals surface area contributed by atoms with Crippen molar-refractivity contribution in [2.75, 3.05) is 31.1 Å². The van der Waals surface area contributed by atoms with Crippen LogP contribution >= 0.6 is 22.2 Å². The highest BCUT2D eigenvalue weighted by atomic mass is 35.5. The van der Waals surface area contributed by atoms with Gasteiger partial charge in [0.05, 0.1) is 22.7 Å². The Morgan fingerprint density at radius 3 is 2.57 bits per heavy atom. The van der Waals surface area contributed by atoms with Gasteiger partial charge in [-0.3, -0.25) is 13.9 Å². The normalized spacial score (nSPS) is 22.5. The van der Waals surface area contributed by atoms with Crippen molar-refractivity contribution in [3.8, 4) is 0 Å². The number of fused-ring (bicyclic) bond motifs is 1. The minimum Gasteiger partial charge on any atom is -0.353 e. The first-order chi connectivity index (χ1) is 14.3. The van der Waals surface area contributed by atoms with Gasteiger partial charge in [-0.05, 0) is 31.0 Å². The van der Waals surface area contributed by atoms with Crippen LogP contribution in [0.3, 0.4) is 0 Å². The lowest BCUT2D eigenvalue weighted by Crippen LogP contribution is -2.54. The van der Waals surface area contributed by atoms with Gasteiger partial charge in [0.2, 0.25) is 5.91 Å². The molecule has 0 radical (unpaired) electrons. The molecule has 162 valence electrons. The van der Waals surface area contributed by atoms with Crippen molar-refractivity contribution >= 4 is 33.9 Å². The molecular formula is C20H26ClN5O3S. The van der Waals surface area contributed by atoms with Crippen molar-refractivity contribution in [1.29, 1.82) is 0 Å². The molecule has 3 heterocycles. The summed E-state index contributed by atoms with van der Waals surface area (Å²) in [5.74, 6) is 0.847. The van der Waals surface area contributed by atoms with Crippen LogP contribution in [0, 0.1) is 0 Å². The standard InChI is InChI=1S/C20H26ClN5O3S/c1-13-18-17(11-30(13,28)29)23-12-24-19(18)25-6-8-26(9-7-25)20(27)16(22)10-14-2-4-15(21)5-3-14/h2-5,12-13,16,28-29H,6-11,22H2,1H3/t13?,16-/m1/s1. The number of anilines is 1. The maximum absolute atomic E-state index is 12.8. The number of aromatic nitrogens is 2. The van der Waals surface area contributed by atoms with E-state index in [2.05, 4.69) is 14.9 Å². The molecule has 1 aromatic heterocycles. The minimum atomic E-state index is -2.73. The molecule has 0 aliphatic carbocycles. The maximum atomic E-state index is 12.8. The second-order valence-electron chi connectivity index (χ2n) is 7.81. The Labute approximate surface area is 182 Å². The van der Waals surface area contributed by atoms with Gasteiger partial charge in [0.25, 0.3) is 0 Å². The van der Waals surface area contributed by atoms with Crippen molar-refractivity contribution in [2.45, 2.75) is 30.4 Å². The summed E-state index contributed by atoms with van der Waals surface area (Å²) in [5.41, 5.74) is 8.67. The van der Waals surface area contributed by atoms with E-state index in [-0.39, 0.29) is 11.7 Å². The van der Waals surface area contributed by atoms with Gasteiger partial charge in [0, 0.05) is 36.8 Å². The fraction of sp³-hybridized carbons (Fsp3) is 0.450. The van der Waals surface area contributed by atoms with Crippen LogP contribution in [0.2, 0.25) is 5.02 Å². The van der Waals surface area contributed by atoms with E-state index in [0.717, 1.165) is 16.9 Å². The predicted octanol–water partition coefficient (Wildman–Crippen LogP) is 2.67. The summed E-state index contributed by atoms with van der Waals surface area (Å²) < 4.78 is 20.6. The molecule has 1 amide bonds. The van der Waals surface area contributed by atoms with E-state index in [0.29, 0.717) is 43.3 Å². The van der Waals surface area contributed by atoms with Gasteiger partial charge in [0.15, 0.2) is 0 Å². The maximum Gasteiger partial charge on any atom is 0.239 e. The SMILES string of the molecule is CC1c2c(ncnc2N2CCN(C(=O)[C@H](N)Cc3ccc(Cl)cc3)CC2)CS1(O)O. The van der Waals surface area contributed by atoms with Gasteiger partial charge in [-0.15, -0.1) is 0 Å². The predicted molar refractivity (Wildman–Crippen MR) is 119 cm³/mol. The molecule has 4 N–H and O–H groups in total. The number of nitrogens with zero attached hydrogens (tertiary/aromatic N) is 4. The Kier molecular flexibility index (Phi) is 5.91. The van der Waals surface area contributed by atoms with Gasteiger partial charge in [-0.1, -0.05) is 23.7 Å². The van der Waals surface area contributed by atoms with Gasteiger partial charge in [-0.25, -0.2) is 9.97 Å². The van der Waals surface area contributed by atoms with Crippen molar-refractivity contribution in [2.24, 2.45) is 5.73 Å². The van der Waals surface area contributed by atoms with E-state index in [1.165, 1.54) is 6.33 Å². The summed E-state index contributed by atoms with van der Waals surface area (Å²) in [5, 5.41) is 0.262. The van der Waals surface area contributed by atoms with E-state index in [1.54, 1.807) is 17.0 Å². The number of piperazine rings is 1. The molecule has 8 nitrogen and oxygen atoms in total. The number of nitrogens with two attached hydrogens (primary N) is 1. The van der Waals surface area contributed by atoms with Gasteiger partial charge in [-0.2, -0.15) is 10.6 Å². The van der Waals surface area contributed by atoms with Crippen molar-refractivity contribution in [3.05, 3.63) is 52.4 Å². The van der Waals surface area contributed by atoms with E-state index >= 15 is 0 Å². The molecule has 1 saturated heterocycles. The Morgan fingerprint density at radius 2 is 1.90 bits per heavy atom. The molecule has 2 aliphatic rings. The molecule has 30 heavy (non-hydrogen) atoms. The number of benzene rings is 1. The van der Waals surface area contributed by atoms with Crippen LogP contribution in [0.15, 0.2) is 30.6 Å². The van der Waals surface area contributed by atoms with Crippen molar-refractivity contribution in [3.63, 3.8) is 0 Å². The van der Waals surface area contributed by atoms with Gasteiger partial charge >= 0.3 is 0 Å². The Hall–Kier alpha value is -1.91. The first-order valence-electron chi connectivity index (χ1n) is 9.88. The zero-order valence-corrected chi connectivity index (χ0v) is 18.3. The van der Waals surface area contributed by atoms with Crippen molar-refractivity contribution in [1.82, 2.24) is 14.9 Å². The summed E-state index contributed by atoms with van der Waals surface area (Å²) in [7, 11) is -2.73. The average Bonchev–Trinajstić information content (AvgIpc) is 2.97. The third kappa shape index (κ3) is 4.13. The molecule has 2 aromatic rings. The lowest BCUT2D eigenvalue weighted by molar-refractivity contribution is -0.132. The quantitative estimate of drug-likeness (QED) is 0.654. The van der Waals surface area contributed by atoms with Crippen LogP contribution < -0.4 is 10.6 Å². The van der Waals surface area contributed by atoms with Crippen LogP contribution in [0.25, 0.3) is 0 Å². The zero-order valence-electron chi connectivity index (χ0n) is 16.7. The topological polar surface area (TPSA) is 116 Å². The summed E-state index contributed by atoms with van der Waals surface area (Å²) in [6.07, 6.45) is 1.94.